The topological polar surface area (TPSA) is 94.4 Å². The molecule has 0 fully saturated rings. The molecule has 4 rings (SSSR count). The summed E-state index contributed by atoms with van der Waals surface area (Å²) in [6.45, 7) is 7.67. The summed E-state index contributed by atoms with van der Waals surface area (Å²) in [4.78, 5) is 0. The Labute approximate surface area is 220 Å². The standard InChI is InChI=1S/C12H11F3N2O.C7H5BF3O3.C5H8N2/c1-8-7-9(2)17(16-8)10-3-5-11(6-4-10)18-12(13,14)15;9-7(10,11)13-5-1-3-6(4-2-5)14-8-12;1-4-3-5(2)7-6-4/h3-7H,1-2H3;1-4,12H;3H,1-2H3,(H,6,7). The normalized spacial score (nSPS) is 10.9. The summed E-state index contributed by atoms with van der Waals surface area (Å²) in [5.74, 6) is -0.377. The average Bonchev–Trinajstić information content (AvgIpc) is 3.37. The van der Waals surface area contributed by atoms with Gasteiger partial charge in [0, 0.05) is 11.4 Å². The zero-order chi connectivity index (χ0) is 29.2. The third-order valence-corrected chi connectivity index (χ3v) is 4.40. The van der Waals surface area contributed by atoms with Gasteiger partial charge < -0.3 is 19.2 Å². The molecule has 4 aromatic rings. The molecule has 0 unspecified atom stereocenters. The minimum Gasteiger partial charge on any atom is -0.537 e. The minimum atomic E-state index is -4.70. The number of hydrogen-bond donors (Lipinski definition) is 2. The molecule has 2 heterocycles. The van der Waals surface area contributed by atoms with Gasteiger partial charge in [-0.2, -0.15) is 10.2 Å². The van der Waals surface area contributed by atoms with Crippen LogP contribution in [-0.2, 0) is 0 Å². The molecule has 2 N–H and O–H groups in total. The lowest BCUT2D eigenvalue weighted by Crippen LogP contribution is -2.17. The molecule has 0 aliphatic heterocycles. The number of alkyl halides is 6. The third-order valence-electron chi connectivity index (χ3n) is 4.40. The molecule has 209 valence electrons. The lowest BCUT2D eigenvalue weighted by molar-refractivity contribution is -0.275. The monoisotopic (exact) mass is 557 g/mol. The van der Waals surface area contributed by atoms with E-state index in [9.17, 15) is 26.3 Å². The van der Waals surface area contributed by atoms with Crippen molar-refractivity contribution >= 4 is 7.69 Å². The Morgan fingerprint density at radius 2 is 1.23 bits per heavy atom. The lowest BCUT2D eigenvalue weighted by atomic mass is 10.3. The van der Waals surface area contributed by atoms with Crippen LogP contribution >= 0.6 is 0 Å². The van der Waals surface area contributed by atoms with Crippen LogP contribution < -0.4 is 14.1 Å². The second kappa shape index (κ2) is 13.6. The quantitative estimate of drug-likeness (QED) is 0.234. The van der Waals surface area contributed by atoms with Crippen LogP contribution in [0.1, 0.15) is 22.8 Å². The lowest BCUT2D eigenvalue weighted by Gasteiger charge is -2.09. The van der Waals surface area contributed by atoms with Crippen LogP contribution in [0.2, 0.25) is 0 Å². The van der Waals surface area contributed by atoms with Crippen LogP contribution in [0.25, 0.3) is 5.69 Å². The largest absolute Gasteiger partial charge is 0.573 e. The van der Waals surface area contributed by atoms with Crippen LogP contribution in [0.4, 0.5) is 26.3 Å². The summed E-state index contributed by atoms with van der Waals surface area (Å²) in [6.07, 6.45) is -9.37. The Balaban J connectivity index is 0.000000224. The molecule has 0 atom stereocenters. The summed E-state index contributed by atoms with van der Waals surface area (Å²) >= 11 is 0. The van der Waals surface area contributed by atoms with Crippen LogP contribution in [0.5, 0.6) is 17.2 Å². The van der Waals surface area contributed by atoms with Gasteiger partial charge in [0.15, 0.2) is 0 Å². The summed E-state index contributed by atoms with van der Waals surface area (Å²) in [5.41, 5.74) is 4.63. The molecule has 0 amide bonds. The molecule has 0 aliphatic rings. The van der Waals surface area contributed by atoms with Gasteiger partial charge in [0.25, 0.3) is 0 Å². The maximum atomic E-state index is 12.0. The average molecular weight is 557 g/mol. The maximum absolute atomic E-state index is 12.0. The molecule has 0 bridgehead atoms. The van der Waals surface area contributed by atoms with E-state index in [1.54, 1.807) is 4.68 Å². The number of hydrogen-bond acceptors (Lipinski definition) is 6. The van der Waals surface area contributed by atoms with E-state index in [0.717, 1.165) is 34.9 Å². The van der Waals surface area contributed by atoms with Gasteiger partial charge >= 0.3 is 20.4 Å². The van der Waals surface area contributed by atoms with Gasteiger partial charge in [0.2, 0.25) is 0 Å². The van der Waals surface area contributed by atoms with Gasteiger partial charge in [0.05, 0.1) is 17.1 Å². The van der Waals surface area contributed by atoms with Crippen molar-refractivity contribution in [1.82, 2.24) is 20.0 Å². The van der Waals surface area contributed by atoms with Gasteiger partial charge in [0.1, 0.15) is 17.2 Å². The predicted molar refractivity (Wildman–Crippen MR) is 130 cm³/mol. The van der Waals surface area contributed by atoms with Crippen molar-refractivity contribution in [1.29, 1.82) is 0 Å². The van der Waals surface area contributed by atoms with Crippen LogP contribution in [0.15, 0.2) is 60.7 Å². The Morgan fingerprint density at radius 3 is 1.56 bits per heavy atom. The van der Waals surface area contributed by atoms with E-state index in [1.807, 2.05) is 39.8 Å². The third kappa shape index (κ3) is 11.9. The predicted octanol–water partition coefficient (Wildman–Crippen LogP) is 5.90. The molecular weight excluding hydrogens is 533 g/mol. The highest BCUT2D eigenvalue weighted by Crippen LogP contribution is 2.25. The first-order valence-corrected chi connectivity index (χ1v) is 11.0. The zero-order valence-electron chi connectivity index (χ0n) is 21.1. The van der Waals surface area contributed by atoms with E-state index in [4.69, 9.17) is 5.02 Å². The zero-order valence-corrected chi connectivity index (χ0v) is 21.1. The molecule has 2 aromatic heterocycles. The number of aromatic nitrogens is 4. The number of nitrogens with one attached hydrogen (secondary N) is 1. The van der Waals surface area contributed by atoms with Crippen molar-refractivity contribution in [3.8, 4) is 22.9 Å². The highest BCUT2D eigenvalue weighted by Gasteiger charge is 2.31. The van der Waals surface area contributed by atoms with E-state index in [0.29, 0.717) is 13.4 Å². The van der Waals surface area contributed by atoms with Crippen LogP contribution in [0, 0.1) is 27.7 Å². The highest BCUT2D eigenvalue weighted by molar-refractivity contribution is 6.17. The molecule has 2 aromatic carbocycles. The van der Waals surface area contributed by atoms with Crippen LogP contribution in [-0.4, -0.2) is 45.4 Å². The van der Waals surface area contributed by atoms with Crippen molar-refractivity contribution in [3.63, 3.8) is 0 Å². The minimum absolute atomic E-state index is 0.210. The van der Waals surface area contributed by atoms with Gasteiger partial charge in [-0.1, -0.05) is 0 Å². The first-order chi connectivity index (χ1) is 18.1. The van der Waals surface area contributed by atoms with E-state index in [2.05, 4.69) is 29.4 Å². The van der Waals surface area contributed by atoms with Crippen molar-refractivity contribution in [3.05, 3.63) is 83.4 Å². The second-order valence-electron chi connectivity index (χ2n) is 7.82. The smallest absolute Gasteiger partial charge is 0.537 e. The van der Waals surface area contributed by atoms with Crippen molar-refractivity contribution in [2.75, 3.05) is 0 Å². The molecule has 0 aliphatic carbocycles. The molecule has 0 saturated heterocycles. The van der Waals surface area contributed by atoms with Crippen molar-refractivity contribution in [2.24, 2.45) is 0 Å². The Bertz CT molecular complexity index is 1270. The Morgan fingerprint density at radius 1 is 0.744 bits per heavy atom. The van der Waals surface area contributed by atoms with Gasteiger partial charge in [-0.25, -0.2) is 4.68 Å². The molecule has 0 saturated carbocycles. The van der Waals surface area contributed by atoms with Gasteiger partial charge in [-0.3, -0.25) is 5.10 Å². The molecule has 8 nitrogen and oxygen atoms in total. The van der Waals surface area contributed by atoms with Gasteiger partial charge in [-0.15, -0.1) is 26.3 Å². The highest BCUT2D eigenvalue weighted by atomic mass is 19.4. The maximum Gasteiger partial charge on any atom is 0.573 e. The van der Waals surface area contributed by atoms with E-state index in [-0.39, 0.29) is 17.2 Å². The van der Waals surface area contributed by atoms with E-state index >= 15 is 0 Å². The first-order valence-electron chi connectivity index (χ1n) is 11.0. The number of aromatic amines is 1. The van der Waals surface area contributed by atoms with Crippen molar-refractivity contribution < 1.29 is 45.5 Å². The number of aryl methyl sites for hydroxylation is 4. The number of rotatable bonds is 5. The van der Waals surface area contributed by atoms with Crippen LogP contribution in [0.3, 0.4) is 0 Å². The van der Waals surface area contributed by atoms with Gasteiger partial charge in [-0.05, 0) is 88.4 Å². The fourth-order valence-corrected chi connectivity index (χ4v) is 3.01. The number of H-pyrrole nitrogens is 1. The molecule has 39 heavy (non-hydrogen) atoms. The fraction of sp³-hybridized carbons (Fsp3) is 0.250. The number of ether oxygens (including phenoxy) is 2. The summed E-state index contributed by atoms with van der Waals surface area (Å²) < 4.78 is 84.6. The molecule has 15 heteroatoms. The summed E-state index contributed by atoms with van der Waals surface area (Å²) in [7, 11) is 0.430. The molecule has 0 spiro atoms. The number of halogens is 6. The van der Waals surface area contributed by atoms with E-state index < -0.39 is 12.7 Å². The molecule has 1 radical (unpaired) electrons. The fourth-order valence-electron chi connectivity index (χ4n) is 3.01. The van der Waals surface area contributed by atoms with E-state index in [1.165, 1.54) is 36.4 Å². The second-order valence-corrected chi connectivity index (χ2v) is 7.82. The first kappa shape index (κ1) is 31.1. The Kier molecular flexibility index (Phi) is 10.8. The SMILES string of the molecule is Cc1cc(C)[nH]n1.Cc1cc(C)n(-c2ccc(OC(F)(F)F)cc2)n1.O[B]Oc1ccc(OC(F)(F)F)cc1. The number of nitrogens with zero attached hydrogens (tertiary/aromatic N) is 3. The summed E-state index contributed by atoms with van der Waals surface area (Å²) in [6, 6.07) is 14.1. The Hall–Kier alpha value is -4.14. The molecular formula is C24H24BF6N4O4. The van der Waals surface area contributed by atoms with Crippen molar-refractivity contribution in [2.45, 2.75) is 40.4 Å². The summed E-state index contributed by atoms with van der Waals surface area (Å²) in [5, 5.41) is 19.2. The number of benzene rings is 2.